The standard InChI is InChI=1S/C27H27N3O2/c1-2-15-30-25(23-12-5-6-13-24(23)27(30)32)28-22-11-7-10-20(17-22)26(31)29-16-14-19-8-3-4-9-21(19)18-29/h3-13,17,25,28H,2,14-16,18H2,1H3. The summed E-state index contributed by atoms with van der Waals surface area (Å²) in [6.07, 6.45) is 1.53. The highest BCUT2D eigenvalue weighted by Gasteiger charge is 2.35. The summed E-state index contributed by atoms with van der Waals surface area (Å²) in [5.41, 5.74) is 5.77. The first-order chi connectivity index (χ1) is 15.7. The summed E-state index contributed by atoms with van der Waals surface area (Å²) in [6, 6.07) is 23.7. The zero-order valence-electron chi connectivity index (χ0n) is 18.3. The molecule has 3 aromatic carbocycles. The number of benzene rings is 3. The number of nitrogens with zero attached hydrogens (tertiary/aromatic N) is 2. The maximum atomic E-state index is 13.2. The van der Waals surface area contributed by atoms with Crippen molar-refractivity contribution in [3.63, 3.8) is 0 Å². The average Bonchev–Trinajstić information content (AvgIpc) is 3.10. The second-order valence-corrected chi connectivity index (χ2v) is 8.46. The molecule has 0 aromatic heterocycles. The van der Waals surface area contributed by atoms with Gasteiger partial charge < -0.3 is 15.1 Å². The van der Waals surface area contributed by atoms with Crippen LogP contribution in [-0.4, -0.2) is 34.7 Å². The van der Waals surface area contributed by atoms with Crippen molar-refractivity contribution >= 4 is 17.5 Å². The third-order valence-electron chi connectivity index (χ3n) is 6.35. The van der Waals surface area contributed by atoms with Gasteiger partial charge in [0, 0.05) is 42.0 Å². The number of fused-ring (bicyclic) bond motifs is 2. The Morgan fingerprint density at radius 1 is 1.00 bits per heavy atom. The predicted octanol–water partition coefficient (Wildman–Crippen LogP) is 4.86. The highest BCUT2D eigenvalue weighted by atomic mass is 16.2. The van der Waals surface area contributed by atoms with Crippen LogP contribution in [0.3, 0.4) is 0 Å². The third kappa shape index (κ3) is 3.64. The van der Waals surface area contributed by atoms with Gasteiger partial charge in [0.2, 0.25) is 0 Å². The van der Waals surface area contributed by atoms with E-state index < -0.39 is 0 Å². The lowest BCUT2D eigenvalue weighted by molar-refractivity contribution is 0.0728. The van der Waals surface area contributed by atoms with Gasteiger partial charge in [-0.3, -0.25) is 9.59 Å². The molecule has 0 radical (unpaired) electrons. The van der Waals surface area contributed by atoms with Gasteiger partial charge in [0.05, 0.1) is 0 Å². The number of carbonyl (C=O) groups is 2. The number of hydrogen-bond acceptors (Lipinski definition) is 3. The van der Waals surface area contributed by atoms with Gasteiger partial charge in [0.1, 0.15) is 6.17 Å². The molecule has 2 aliphatic heterocycles. The fourth-order valence-electron chi connectivity index (χ4n) is 4.75. The van der Waals surface area contributed by atoms with E-state index in [0.29, 0.717) is 18.7 Å². The molecular formula is C27H27N3O2. The number of amides is 2. The largest absolute Gasteiger partial charge is 0.361 e. The van der Waals surface area contributed by atoms with E-state index >= 15 is 0 Å². The van der Waals surface area contributed by atoms with E-state index in [1.165, 1.54) is 11.1 Å². The van der Waals surface area contributed by atoms with Crippen molar-refractivity contribution < 1.29 is 9.59 Å². The summed E-state index contributed by atoms with van der Waals surface area (Å²) in [4.78, 5) is 29.9. The molecular weight excluding hydrogens is 398 g/mol. The Morgan fingerprint density at radius 3 is 2.62 bits per heavy atom. The Balaban J connectivity index is 1.37. The Kier molecular flexibility index (Phi) is 5.39. The van der Waals surface area contributed by atoms with Gasteiger partial charge >= 0.3 is 0 Å². The monoisotopic (exact) mass is 425 g/mol. The summed E-state index contributed by atoms with van der Waals surface area (Å²) in [6.45, 7) is 4.12. The van der Waals surface area contributed by atoms with Gasteiger partial charge in [0.15, 0.2) is 0 Å². The Hall–Kier alpha value is -3.60. The summed E-state index contributed by atoms with van der Waals surface area (Å²) in [5, 5.41) is 3.51. The molecule has 1 N–H and O–H groups in total. The first-order valence-electron chi connectivity index (χ1n) is 11.3. The Morgan fingerprint density at radius 2 is 1.78 bits per heavy atom. The first kappa shape index (κ1) is 20.3. The normalized spacial score (nSPS) is 17.2. The minimum Gasteiger partial charge on any atom is -0.361 e. The number of rotatable bonds is 5. The van der Waals surface area contributed by atoms with Crippen molar-refractivity contribution in [2.24, 2.45) is 0 Å². The summed E-state index contributed by atoms with van der Waals surface area (Å²) >= 11 is 0. The van der Waals surface area contributed by atoms with E-state index in [4.69, 9.17) is 0 Å². The summed E-state index contributed by atoms with van der Waals surface area (Å²) in [5.74, 6) is 0.0932. The summed E-state index contributed by atoms with van der Waals surface area (Å²) < 4.78 is 0. The molecule has 1 atom stereocenters. The topological polar surface area (TPSA) is 52.7 Å². The highest BCUT2D eigenvalue weighted by Crippen LogP contribution is 2.34. The maximum absolute atomic E-state index is 13.2. The lowest BCUT2D eigenvalue weighted by atomic mass is 9.99. The third-order valence-corrected chi connectivity index (χ3v) is 6.35. The second kappa shape index (κ2) is 8.50. The zero-order valence-corrected chi connectivity index (χ0v) is 18.3. The zero-order chi connectivity index (χ0) is 22.1. The number of nitrogens with one attached hydrogen (secondary N) is 1. The van der Waals surface area contributed by atoms with Crippen molar-refractivity contribution in [2.75, 3.05) is 18.4 Å². The van der Waals surface area contributed by atoms with Crippen LogP contribution in [0.2, 0.25) is 0 Å². The van der Waals surface area contributed by atoms with Gasteiger partial charge in [-0.05, 0) is 48.2 Å². The predicted molar refractivity (Wildman–Crippen MR) is 125 cm³/mol. The van der Waals surface area contributed by atoms with Crippen LogP contribution in [-0.2, 0) is 13.0 Å². The summed E-state index contributed by atoms with van der Waals surface area (Å²) in [7, 11) is 0. The number of carbonyl (C=O) groups excluding carboxylic acids is 2. The fourth-order valence-corrected chi connectivity index (χ4v) is 4.75. The number of anilines is 1. The van der Waals surface area contributed by atoms with Crippen LogP contribution in [0.15, 0.2) is 72.8 Å². The van der Waals surface area contributed by atoms with Crippen LogP contribution in [0.4, 0.5) is 5.69 Å². The minimum absolute atomic E-state index is 0.0384. The van der Waals surface area contributed by atoms with Crippen molar-refractivity contribution in [1.82, 2.24) is 9.80 Å². The van der Waals surface area contributed by atoms with E-state index in [-0.39, 0.29) is 18.0 Å². The quantitative estimate of drug-likeness (QED) is 0.635. The lowest BCUT2D eigenvalue weighted by Gasteiger charge is -2.29. The molecule has 162 valence electrons. The molecule has 0 aliphatic carbocycles. The van der Waals surface area contributed by atoms with Crippen LogP contribution >= 0.6 is 0 Å². The van der Waals surface area contributed by atoms with Crippen LogP contribution in [0.25, 0.3) is 0 Å². The molecule has 5 heteroatoms. The molecule has 3 aromatic rings. The Bertz CT molecular complexity index is 1170. The molecule has 1 unspecified atom stereocenters. The molecule has 2 amide bonds. The lowest BCUT2D eigenvalue weighted by Crippen LogP contribution is -2.36. The minimum atomic E-state index is -0.231. The van der Waals surface area contributed by atoms with Gasteiger partial charge in [-0.2, -0.15) is 0 Å². The first-order valence-corrected chi connectivity index (χ1v) is 11.3. The average molecular weight is 426 g/mol. The smallest absolute Gasteiger partial charge is 0.256 e. The second-order valence-electron chi connectivity index (χ2n) is 8.46. The highest BCUT2D eigenvalue weighted by molar-refractivity contribution is 5.99. The molecule has 0 spiro atoms. The van der Waals surface area contributed by atoms with Crippen LogP contribution < -0.4 is 5.32 Å². The molecule has 2 heterocycles. The molecule has 2 aliphatic rings. The van der Waals surface area contributed by atoms with Crippen LogP contribution in [0.5, 0.6) is 0 Å². The molecule has 32 heavy (non-hydrogen) atoms. The Labute approximate surface area is 188 Å². The van der Waals surface area contributed by atoms with E-state index in [2.05, 4.69) is 30.4 Å². The maximum Gasteiger partial charge on any atom is 0.256 e. The molecule has 5 rings (SSSR count). The number of hydrogen-bond donors (Lipinski definition) is 1. The van der Waals surface area contributed by atoms with Gasteiger partial charge in [-0.25, -0.2) is 0 Å². The van der Waals surface area contributed by atoms with Gasteiger partial charge in [-0.15, -0.1) is 0 Å². The van der Waals surface area contributed by atoms with E-state index in [1.54, 1.807) is 0 Å². The molecule has 0 fully saturated rings. The molecule has 0 bridgehead atoms. The van der Waals surface area contributed by atoms with Crippen LogP contribution in [0, 0.1) is 0 Å². The molecule has 0 saturated heterocycles. The van der Waals surface area contributed by atoms with Crippen molar-refractivity contribution in [3.8, 4) is 0 Å². The van der Waals surface area contributed by atoms with E-state index in [1.807, 2.05) is 64.4 Å². The fraction of sp³-hybridized carbons (Fsp3) is 0.259. The van der Waals surface area contributed by atoms with E-state index in [0.717, 1.165) is 36.2 Å². The SMILES string of the molecule is CCCN1C(=O)c2ccccc2C1Nc1cccc(C(=O)N2CCc3ccccc3C2)c1. The van der Waals surface area contributed by atoms with Crippen LogP contribution in [0.1, 0.15) is 56.9 Å². The van der Waals surface area contributed by atoms with Gasteiger partial charge in [0.25, 0.3) is 11.8 Å². The van der Waals surface area contributed by atoms with Gasteiger partial charge in [-0.1, -0.05) is 55.5 Å². The van der Waals surface area contributed by atoms with E-state index in [9.17, 15) is 9.59 Å². The molecule has 5 nitrogen and oxygen atoms in total. The van der Waals surface area contributed by atoms with Crippen molar-refractivity contribution in [2.45, 2.75) is 32.5 Å². The molecule has 0 saturated carbocycles. The van der Waals surface area contributed by atoms with Crippen molar-refractivity contribution in [1.29, 1.82) is 0 Å². The van der Waals surface area contributed by atoms with Crippen molar-refractivity contribution in [3.05, 3.63) is 101 Å².